The fourth-order valence-corrected chi connectivity index (χ4v) is 5.45. The molecular weight excluding hydrogens is 461 g/mol. The average Bonchev–Trinajstić information content (AvgIpc) is 2.76. The molecule has 2 aromatic carbocycles. The Morgan fingerprint density at radius 3 is 2.19 bits per heavy atom. The highest BCUT2D eigenvalue weighted by molar-refractivity contribution is 7.89. The molecule has 1 aliphatic rings. The van der Waals surface area contributed by atoms with Crippen molar-refractivity contribution in [2.45, 2.75) is 36.6 Å². The van der Waals surface area contributed by atoms with Crippen LogP contribution in [0.5, 0.6) is 0 Å². The summed E-state index contributed by atoms with van der Waals surface area (Å²) in [5.74, 6) is -1.57. The Morgan fingerprint density at radius 2 is 1.55 bits per heavy atom. The molecule has 0 spiro atoms. The highest BCUT2D eigenvalue weighted by Gasteiger charge is 2.33. The van der Waals surface area contributed by atoms with E-state index in [1.54, 1.807) is 36.4 Å². The summed E-state index contributed by atoms with van der Waals surface area (Å²) in [4.78, 5) is 24.3. The molecular formula is C21H23Cl2N3O4S. The predicted octanol–water partition coefficient (Wildman–Crippen LogP) is 3.68. The van der Waals surface area contributed by atoms with Gasteiger partial charge in [-0.2, -0.15) is 4.31 Å². The molecule has 1 aliphatic heterocycles. The lowest BCUT2D eigenvalue weighted by atomic mass is 10.0. The molecule has 2 aromatic rings. The highest BCUT2D eigenvalue weighted by atomic mass is 35.5. The van der Waals surface area contributed by atoms with Crippen LogP contribution in [0.1, 0.15) is 25.7 Å². The number of anilines is 1. The van der Waals surface area contributed by atoms with Crippen molar-refractivity contribution in [2.24, 2.45) is 0 Å². The van der Waals surface area contributed by atoms with Crippen molar-refractivity contribution < 1.29 is 18.0 Å². The maximum absolute atomic E-state index is 13.1. The molecule has 3 rings (SSSR count). The van der Waals surface area contributed by atoms with Crippen LogP contribution in [0.4, 0.5) is 5.69 Å². The smallest absolute Gasteiger partial charge is 0.313 e. The van der Waals surface area contributed by atoms with Gasteiger partial charge in [0, 0.05) is 34.9 Å². The maximum Gasteiger partial charge on any atom is 0.313 e. The van der Waals surface area contributed by atoms with Gasteiger partial charge in [-0.25, -0.2) is 8.42 Å². The predicted molar refractivity (Wildman–Crippen MR) is 121 cm³/mol. The molecule has 1 atom stereocenters. The summed E-state index contributed by atoms with van der Waals surface area (Å²) in [7, 11) is -3.67. The Kier molecular flexibility index (Phi) is 7.94. The van der Waals surface area contributed by atoms with Crippen LogP contribution >= 0.6 is 23.2 Å². The Balaban J connectivity index is 1.56. The zero-order valence-electron chi connectivity index (χ0n) is 16.7. The third-order valence-electron chi connectivity index (χ3n) is 5.06. The van der Waals surface area contributed by atoms with E-state index in [0.29, 0.717) is 35.1 Å². The van der Waals surface area contributed by atoms with E-state index in [-0.39, 0.29) is 17.5 Å². The number of carbonyl (C=O) groups is 2. The van der Waals surface area contributed by atoms with Crippen LogP contribution in [-0.2, 0) is 19.6 Å². The summed E-state index contributed by atoms with van der Waals surface area (Å²) >= 11 is 11.7. The van der Waals surface area contributed by atoms with Crippen molar-refractivity contribution in [1.29, 1.82) is 0 Å². The first-order valence-electron chi connectivity index (χ1n) is 9.89. The minimum Gasteiger partial charge on any atom is -0.348 e. The quantitative estimate of drug-likeness (QED) is 0.612. The van der Waals surface area contributed by atoms with Crippen LogP contribution in [0.15, 0.2) is 53.4 Å². The second-order valence-electron chi connectivity index (χ2n) is 7.22. The molecule has 31 heavy (non-hydrogen) atoms. The molecule has 1 heterocycles. The lowest BCUT2D eigenvalue weighted by molar-refractivity contribution is -0.136. The van der Waals surface area contributed by atoms with Crippen molar-refractivity contribution in [3.05, 3.63) is 58.6 Å². The van der Waals surface area contributed by atoms with Crippen LogP contribution in [-0.4, -0.2) is 43.7 Å². The van der Waals surface area contributed by atoms with Gasteiger partial charge in [0.15, 0.2) is 0 Å². The third kappa shape index (κ3) is 6.20. The Morgan fingerprint density at radius 1 is 0.935 bits per heavy atom. The molecule has 0 radical (unpaired) electrons. The number of benzene rings is 2. The van der Waals surface area contributed by atoms with Crippen LogP contribution < -0.4 is 10.6 Å². The standard InChI is InChI=1S/C21H23Cl2N3O4S/c22-15-4-8-17(9-5-15)25-21(28)20(27)24-13-12-18-3-1-2-14-26(18)31(29,30)19-10-6-16(23)7-11-19/h4-11,18H,1-3,12-14H2,(H,24,27)(H,25,28)/t18-/m0/s1. The highest BCUT2D eigenvalue weighted by Crippen LogP contribution is 2.27. The van der Waals surface area contributed by atoms with Gasteiger partial charge in [-0.3, -0.25) is 9.59 Å². The van der Waals surface area contributed by atoms with E-state index in [9.17, 15) is 18.0 Å². The van der Waals surface area contributed by atoms with Gasteiger partial charge < -0.3 is 10.6 Å². The number of rotatable bonds is 6. The van der Waals surface area contributed by atoms with Gasteiger partial charge in [0.05, 0.1) is 4.90 Å². The van der Waals surface area contributed by atoms with Crippen molar-refractivity contribution in [1.82, 2.24) is 9.62 Å². The minimum absolute atomic E-state index is 0.185. The largest absolute Gasteiger partial charge is 0.348 e. The molecule has 1 fully saturated rings. The van der Waals surface area contributed by atoms with Crippen molar-refractivity contribution in [3.63, 3.8) is 0 Å². The summed E-state index contributed by atoms with van der Waals surface area (Å²) in [6.07, 6.45) is 2.79. The van der Waals surface area contributed by atoms with Crippen molar-refractivity contribution in [3.8, 4) is 0 Å². The molecule has 0 aromatic heterocycles. The van der Waals surface area contributed by atoms with Crippen molar-refractivity contribution >= 4 is 50.7 Å². The maximum atomic E-state index is 13.1. The Bertz CT molecular complexity index is 1030. The fourth-order valence-electron chi connectivity index (χ4n) is 3.47. The van der Waals surface area contributed by atoms with Crippen LogP contribution in [0.2, 0.25) is 10.0 Å². The Hall–Kier alpha value is -2.13. The molecule has 0 aliphatic carbocycles. The molecule has 2 N–H and O–H groups in total. The van der Waals surface area contributed by atoms with E-state index >= 15 is 0 Å². The number of nitrogens with zero attached hydrogens (tertiary/aromatic N) is 1. The second kappa shape index (κ2) is 10.5. The Labute approximate surface area is 191 Å². The molecule has 166 valence electrons. The number of sulfonamides is 1. The number of hydrogen-bond donors (Lipinski definition) is 2. The number of hydrogen-bond acceptors (Lipinski definition) is 4. The van der Waals surface area contributed by atoms with E-state index in [0.717, 1.165) is 12.8 Å². The third-order valence-corrected chi connectivity index (χ3v) is 7.53. The second-order valence-corrected chi connectivity index (χ2v) is 9.99. The normalized spacial score (nSPS) is 17.2. The van der Waals surface area contributed by atoms with Gasteiger partial charge in [0.2, 0.25) is 10.0 Å². The molecule has 2 amide bonds. The number of halogens is 2. The molecule has 10 heteroatoms. The van der Waals surface area contributed by atoms with E-state index in [1.807, 2.05) is 0 Å². The van der Waals surface area contributed by atoms with E-state index in [4.69, 9.17) is 23.2 Å². The first kappa shape index (κ1) is 23.5. The van der Waals surface area contributed by atoms with Crippen LogP contribution in [0, 0.1) is 0 Å². The van der Waals surface area contributed by atoms with Gasteiger partial charge in [0.25, 0.3) is 0 Å². The topological polar surface area (TPSA) is 95.6 Å². The first-order chi connectivity index (χ1) is 14.8. The molecule has 0 bridgehead atoms. The lowest BCUT2D eigenvalue weighted by Crippen LogP contribution is -2.45. The van der Waals surface area contributed by atoms with E-state index in [2.05, 4.69) is 10.6 Å². The lowest BCUT2D eigenvalue weighted by Gasteiger charge is -2.34. The minimum atomic E-state index is -3.67. The van der Waals surface area contributed by atoms with Gasteiger partial charge in [-0.15, -0.1) is 0 Å². The molecule has 7 nitrogen and oxygen atoms in total. The number of piperidine rings is 1. The number of carbonyl (C=O) groups excluding carboxylic acids is 2. The van der Waals surface area contributed by atoms with E-state index < -0.39 is 21.8 Å². The SMILES string of the molecule is O=C(NCC[C@@H]1CCCCN1S(=O)(=O)c1ccc(Cl)cc1)C(=O)Nc1ccc(Cl)cc1. The summed E-state index contributed by atoms with van der Waals surface area (Å²) in [5, 5.41) is 6.04. The number of nitrogens with one attached hydrogen (secondary N) is 2. The van der Waals surface area contributed by atoms with Gasteiger partial charge in [-0.1, -0.05) is 29.6 Å². The van der Waals surface area contributed by atoms with Crippen LogP contribution in [0.3, 0.4) is 0 Å². The summed E-state index contributed by atoms with van der Waals surface area (Å²) < 4.78 is 27.6. The fraction of sp³-hybridized carbons (Fsp3) is 0.333. The summed E-state index contributed by atoms with van der Waals surface area (Å²) in [6.45, 7) is 0.602. The molecule has 1 saturated heterocycles. The van der Waals surface area contributed by atoms with Gasteiger partial charge in [-0.05, 0) is 67.8 Å². The van der Waals surface area contributed by atoms with Gasteiger partial charge >= 0.3 is 11.8 Å². The van der Waals surface area contributed by atoms with Crippen molar-refractivity contribution in [2.75, 3.05) is 18.4 Å². The summed E-state index contributed by atoms with van der Waals surface area (Å²) in [6, 6.07) is 12.2. The summed E-state index contributed by atoms with van der Waals surface area (Å²) in [5.41, 5.74) is 0.456. The van der Waals surface area contributed by atoms with Gasteiger partial charge in [0.1, 0.15) is 0 Å². The first-order valence-corrected chi connectivity index (χ1v) is 12.1. The zero-order chi connectivity index (χ0) is 22.4. The molecule has 0 unspecified atom stereocenters. The number of amides is 2. The van der Waals surface area contributed by atoms with E-state index in [1.165, 1.54) is 16.4 Å². The zero-order valence-corrected chi connectivity index (χ0v) is 19.0. The van der Waals surface area contributed by atoms with Crippen LogP contribution in [0.25, 0.3) is 0 Å². The monoisotopic (exact) mass is 483 g/mol. The average molecular weight is 484 g/mol. The molecule has 0 saturated carbocycles.